The van der Waals surface area contributed by atoms with Gasteiger partial charge in [-0.15, -0.1) is 0 Å². The van der Waals surface area contributed by atoms with Gasteiger partial charge < -0.3 is 15.1 Å². The molecule has 2 rings (SSSR count). The molecule has 4 nitrogen and oxygen atoms in total. The van der Waals surface area contributed by atoms with E-state index in [4.69, 9.17) is 0 Å². The third kappa shape index (κ3) is 3.31. The number of nitrogens with one attached hydrogen (secondary N) is 1. The van der Waals surface area contributed by atoms with E-state index in [1.54, 1.807) is 4.90 Å². The number of hydrogen-bond acceptors (Lipinski definition) is 3. The summed E-state index contributed by atoms with van der Waals surface area (Å²) in [5.41, 5.74) is 3.99. The van der Waals surface area contributed by atoms with Crippen LogP contribution in [-0.2, 0) is 17.8 Å². The molecule has 1 aromatic rings. The minimum atomic E-state index is 0.153. The Morgan fingerprint density at radius 3 is 2.85 bits per heavy atom. The molecule has 1 heterocycles. The number of rotatable bonds is 5. The van der Waals surface area contributed by atoms with Crippen LogP contribution >= 0.6 is 0 Å². The van der Waals surface area contributed by atoms with Crippen LogP contribution in [0.5, 0.6) is 0 Å². The van der Waals surface area contributed by atoms with Gasteiger partial charge in [0.05, 0.1) is 6.54 Å². The Morgan fingerprint density at radius 2 is 2.15 bits per heavy atom. The van der Waals surface area contributed by atoms with Gasteiger partial charge in [-0.3, -0.25) is 4.79 Å². The molecule has 20 heavy (non-hydrogen) atoms. The van der Waals surface area contributed by atoms with Crippen molar-refractivity contribution in [3.63, 3.8) is 0 Å². The Balaban J connectivity index is 2.27. The van der Waals surface area contributed by atoms with Crippen LogP contribution in [0, 0.1) is 0 Å². The van der Waals surface area contributed by atoms with E-state index in [0.29, 0.717) is 6.54 Å². The molecule has 1 N–H and O–H groups in total. The van der Waals surface area contributed by atoms with Crippen LogP contribution in [0.25, 0.3) is 0 Å². The SMILES string of the molecule is CCCN(CC(=O)N(C)C)c1cccc2c1CNCC2. The van der Waals surface area contributed by atoms with Crippen LogP contribution in [0.1, 0.15) is 24.5 Å². The molecule has 0 atom stereocenters. The first-order chi connectivity index (χ1) is 9.63. The lowest BCUT2D eigenvalue weighted by atomic mass is 9.98. The molecule has 1 aromatic carbocycles. The van der Waals surface area contributed by atoms with E-state index in [0.717, 1.165) is 32.5 Å². The molecule has 110 valence electrons. The second kappa shape index (κ2) is 6.75. The summed E-state index contributed by atoms with van der Waals surface area (Å²) in [7, 11) is 3.63. The molecule has 0 saturated carbocycles. The lowest BCUT2D eigenvalue weighted by Gasteiger charge is -2.30. The molecule has 0 aromatic heterocycles. The quantitative estimate of drug-likeness (QED) is 0.887. The van der Waals surface area contributed by atoms with Gasteiger partial charge >= 0.3 is 0 Å². The molecule has 0 radical (unpaired) electrons. The summed E-state index contributed by atoms with van der Waals surface area (Å²) in [6.45, 7) is 5.47. The number of carbonyl (C=O) groups is 1. The Labute approximate surface area is 121 Å². The predicted octanol–water partition coefficient (Wildman–Crippen LogP) is 1.64. The molecule has 1 amide bonds. The molecule has 0 bridgehead atoms. The fraction of sp³-hybridized carbons (Fsp3) is 0.562. The number of carbonyl (C=O) groups excluding carboxylic acids is 1. The van der Waals surface area contributed by atoms with E-state index in [1.165, 1.54) is 16.8 Å². The number of nitrogens with zero attached hydrogens (tertiary/aromatic N) is 2. The predicted molar refractivity (Wildman–Crippen MR) is 83.1 cm³/mol. The van der Waals surface area contributed by atoms with E-state index in [-0.39, 0.29) is 5.91 Å². The first-order valence-corrected chi connectivity index (χ1v) is 7.40. The van der Waals surface area contributed by atoms with Gasteiger partial charge in [-0.1, -0.05) is 19.1 Å². The highest BCUT2D eigenvalue weighted by atomic mass is 16.2. The van der Waals surface area contributed by atoms with E-state index < -0.39 is 0 Å². The third-order valence-electron chi connectivity index (χ3n) is 3.78. The summed E-state index contributed by atoms with van der Waals surface area (Å²) < 4.78 is 0. The van der Waals surface area contributed by atoms with Crippen molar-refractivity contribution in [3.05, 3.63) is 29.3 Å². The second-order valence-corrected chi connectivity index (χ2v) is 5.55. The summed E-state index contributed by atoms with van der Waals surface area (Å²) in [5.74, 6) is 0.153. The zero-order chi connectivity index (χ0) is 14.5. The monoisotopic (exact) mass is 275 g/mol. The van der Waals surface area contributed by atoms with Crippen molar-refractivity contribution >= 4 is 11.6 Å². The van der Waals surface area contributed by atoms with Crippen molar-refractivity contribution in [2.24, 2.45) is 0 Å². The van der Waals surface area contributed by atoms with Gasteiger partial charge in [0.15, 0.2) is 0 Å². The van der Waals surface area contributed by atoms with E-state index in [9.17, 15) is 4.79 Å². The van der Waals surface area contributed by atoms with Gasteiger partial charge in [0, 0.05) is 32.9 Å². The van der Waals surface area contributed by atoms with Crippen LogP contribution in [0.2, 0.25) is 0 Å². The third-order valence-corrected chi connectivity index (χ3v) is 3.78. The van der Waals surface area contributed by atoms with Crippen molar-refractivity contribution in [1.29, 1.82) is 0 Å². The first-order valence-electron chi connectivity index (χ1n) is 7.40. The lowest BCUT2D eigenvalue weighted by Crippen LogP contribution is -2.38. The summed E-state index contributed by atoms with van der Waals surface area (Å²) in [5, 5.41) is 3.43. The maximum absolute atomic E-state index is 12.0. The van der Waals surface area contributed by atoms with E-state index >= 15 is 0 Å². The molecule has 0 saturated heterocycles. The van der Waals surface area contributed by atoms with E-state index in [1.807, 2.05) is 14.1 Å². The number of hydrogen-bond donors (Lipinski definition) is 1. The highest BCUT2D eigenvalue weighted by Gasteiger charge is 2.19. The van der Waals surface area contributed by atoms with Gasteiger partial charge in [-0.25, -0.2) is 0 Å². The fourth-order valence-corrected chi connectivity index (χ4v) is 2.65. The average molecular weight is 275 g/mol. The smallest absolute Gasteiger partial charge is 0.241 e. The van der Waals surface area contributed by atoms with Crippen LogP contribution in [0.3, 0.4) is 0 Å². The highest BCUT2D eigenvalue weighted by Crippen LogP contribution is 2.26. The fourth-order valence-electron chi connectivity index (χ4n) is 2.65. The van der Waals surface area contributed by atoms with E-state index in [2.05, 4.69) is 35.3 Å². The Bertz CT molecular complexity index is 471. The normalized spacial score (nSPS) is 13.8. The van der Waals surface area contributed by atoms with Crippen LogP contribution in [-0.4, -0.2) is 44.5 Å². The van der Waals surface area contributed by atoms with Gasteiger partial charge in [0.25, 0.3) is 0 Å². The van der Waals surface area contributed by atoms with Crippen molar-refractivity contribution in [3.8, 4) is 0 Å². The Hall–Kier alpha value is -1.55. The zero-order valence-electron chi connectivity index (χ0n) is 12.8. The molecular formula is C16H25N3O. The van der Waals surface area contributed by atoms with Crippen LogP contribution < -0.4 is 10.2 Å². The first kappa shape index (κ1) is 14.9. The number of amides is 1. The molecule has 4 heteroatoms. The number of anilines is 1. The van der Waals surface area contributed by atoms with Gasteiger partial charge in [-0.05, 0) is 36.6 Å². The minimum absolute atomic E-state index is 0.153. The molecule has 1 aliphatic rings. The van der Waals surface area contributed by atoms with Gasteiger partial charge in [0.1, 0.15) is 0 Å². The summed E-state index contributed by atoms with van der Waals surface area (Å²) in [6.07, 6.45) is 2.11. The second-order valence-electron chi connectivity index (χ2n) is 5.55. The van der Waals surface area contributed by atoms with Crippen molar-refractivity contribution in [2.75, 3.05) is 38.6 Å². The Kier molecular flexibility index (Phi) is 5.01. The van der Waals surface area contributed by atoms with Crippen molar-refractivity contribution in [2.45, 2.75) is 26.3 Å². The molecule has 0 fully saturated rings. The van der Waals surface area contributed by atoms with Crippen molar-refractivity contribution in [1.82, 2.24) is 10.2 Å². The standard InChI is InChI=1S/C16H25N3O/c1-4-10-19(12-16(20)18(2)3)15-7-5-6-13-8-9-17-11-14(13)15/h5-7,17H,4,8-12H2,1-3H3. The number of likely N-dealkylation sites (N-methyl/N-ethyl adjacent to an activating group) is 1. The summed E-state index contributed by atoms with van der Waals surface area (Å²) in [4.78, 5) is 15.9. The molecule has 0 aliphatic carbocycles. The highest BCUT2D eigenvalue weighted by molar-refractivity contribution is 5.81. The number of benzene rings is 1. The molecular weight excluding hydrogens is 250 g/mol. The average Bonchev–Trinajstić information content (AvgIpc) is 2.46. The maximum Gasteiger partial charge on any atom is 0.241 e. The zero-order valence-corrected chi connectivity index (χ0v) is 12.8. The van der Waals surface area contributed by atoms with Gasteiger partial charge in [0.2, 0.25) is 5.91 Å². The Morgan fingerprint density at radius 1 is 1.35 bits per heavy atom. The molecule has 0 spiro atoms. The summed E-state index contributed by atoms with van der Waals surface area (Å²) in [6, 6.07) is 6.46. The topological polar surface area (TPSA) is 35.6 Å². The minimum Gasteiger partial charge on any atom is -0.362 e. The molecule has 0 unspecified atom stereocenters. The maximum atomic E-state index is 12.0. The van der Waals surface area contributed by atoms with Crippen LogP contribution in [0.15, 0.2) is 18.2 Å². The van der Waals surface area contributed by atoms with Crippen LogP contribution in [0.4, 0.5) is 5.69 Å². The lowest BCUT2D eigenvalue weighted by molar-refractivity contribution is -0.127. The summed E-state index contributed by atoms with van der Waals surface area (Å²) >= 11 is 0. The largest absolute Gasteiger partial charge is 0.362 e. The van der Waals surface area contributed by atoms with Gasteiger partial charge in [-0.2, -0.15) is 0 Å². The number of fused-ring (bicyclic) bond motifs is 1. The van der Waals surface area contributed by atoms with Crippen molar-refractivity contribution < 1.29 is 4.79 Å². The molecule has 1 aliphatic heterocycles.